The van der Waals surface area contributed by atoms with Crippen LogP contribution >= 0.6 is 12.4 Å². The van der Waals surface area contributed by atoms with Crippen molar-refractivity contribution in [2.75, 3.05) is 13.1 Å². The van der Waals surface area contributed by atoms with Gasteiger partial charge in [0.1, 0.15) is 11.2 Å². The fourth-order valence-corrected chi connectivity index (χ4v) is 3.16. The molecule has 0 aliphatic carbocycles. The summed E-state index contributed by atoms with van der Waals surface area (Å²) in [6.45, 7) is 5.91. The maximum Gasteiger partial charge on any atom is 0.263 e. The van der Waals surface area contributed by atoms with Gasteiger partial charge in [-0.3, -0.25) is 4.79 Å². The molecule has 1 aliphatic rings. The van der Waals surface area contributed by atoms with Crippen LogP contribution in [0.15, 0.2) is 21.6 Å². The molecule has 4 rings (SSSR count). The van der Waals surface area contributed by atoms with E-state index in [1.165, 1.54) is 0 Å². The predicted octanol–water partition coefficient (Wildman–Crippen LogP) is 2.08. The highest BCUT2D eigenvalue weighted by Gasteiger charge is 2.22. The van der Waals surface area contributed by atoms with Crippen LogP contribution in [-0.2, 0) is 0 Å². The van der Waals surface area contributed by atoms with Crippen molar-refractivity contribution in [3.8, 4) is 11.5 Å². The quantitative estimate of drug-likeness (QED) is 0.737. The summed E-state index contributed by atoms with van der Waals surface area (Å²) in [5.74, 6) is 1.51. The minimum absolute atomic E-state index is 0. The molecule has 0 atom stereocenters. The van der Waals surface area contributed by atoms with Crippen molar-refractivity contribution in [2.24, 2.45) is 0 Å². The Morgan fingerprint density at radius 3 is 2.76 bits per heavy atom. The molecule has 0 saturated carbocycles. The minimum Gasteiger partial charge on any atom is -0.334 e. The second kappa shape index (κ2) is 6.97. The maximum absolute atomic E-state index is 12.2. The number of fused-ring (bicyclic) bond motifs is 1. The average Bonchev–Trinajstić information content (AvgIpc) is 3.21. The second-order valence-electron chi connectivity index (χ2n) is 6.51. The van der Waals surface area contributed by atoms with Crippen LogP contribution in [0.2, 0.25) is 0 Å². The van der Waals surface area contributed by atoms with E-state index in [4.69, 9.17) is 4.52 Å². The van der Waals surface area contributed by atoms with E-state index < -0.39 is 0 Å². The molecular formula is C16H21ClN6O2. The first-order valence-corrected chi connectivity index (χ1v) is 8.29. The lowest BCUT2D eigenvalue weighted by Crippen LogP contribution is -2.28. The first-order valence-electron chi connectivity index (χ1n) is 8.29. The molecule has 3 aromatic rings. The van der Waals surface area contributed by atoms with Crippen molar-refractivity contribution >= 4 is 18.1 Å². The fourth-order valence-electron chi connectivity index (χ4n) is 3.16. The minimum atomic E-state index is -0.138. The molecule has 3 aromatic heterocycles. The lowest BCUT2D eigenvalue weighted by molar-refractivity contribution is 0.419. The zero-order valence-electron chi connectivity index (χ0n) is 14.2. The summed E-state index contributed by atoms with van der Waals surface area (Å²) in [5, 5.41) is 11.8. The van der Waals surface area contributed by atoms with Crippen LogP contribution < -0.4 is 10.9 Å². The molecule has 0 unspecified atom stereocenters. The molecule has 1 saturated heterocycles. The lowest BCUT2D eigenvalue weighted by Gasteiger charge is -2.23. The van der Waals surface area contributed by atoms with Crippen LogP contribution in [0.25, 0.3) is 17.1 Å². The standard InChI is InChI=1S/C16H20N6O2.ClH/c1-9(2)14-20-16(24-21-14)11-8-18-22-12(7-13(23)19-15(11)22)10-3-5-17-6-4-10;/h7-10,17H,3-6H2,1-2H3,(H,19,23);1H. The third kappa shape index (κ3) is 3.19. The highest BCUT2D eigenvalue weighted by atomic mass is 35.5. The van der Waals surface area contributed by atoms with Gasteiger partial charge in [-0.2, -0.15) is 10.1 Å². The Morgan fingerprint density at radius 2 is 2.08 bits per heavy atom. The third-order valence-corrected chi connectivity index (χ3v) is 4.48. The molecular weight excluding hydrogens is 344 g/mol. The van der Waals surface area contributed by atoms with Gasteiger partial charge in [-0.25, -0.2) is 4.52 Å². The third-order valence-electron chi connectivity index (χ3n) is 4.48. The Kier molecular flexibility index (Phi) is 4.91. The van der Waals surface area contributed by atoms with E-state index in [1.807, 2.05) is 13.8 Å². The van der Waals surface area contributed by atoms with Gasteiger partial charge in [0.15, 0.2) is 5.82 Å². The molecule has 8 nitrogen and oxygen atoms in total. The molecule has 2 N–H and O–H groups in total. The molecule has 0 spiro atoms. The van der Waals surface area contributed by atoms with Crippen LogP contribution in [-0.4, -0.2) is 37.8 Å². The fraction of sp³-hybridized carbons (Fsp3) is 0.500. The summed E-state index contributed by atoms with van der Waals surface area (Å²) in [5.41, 5.74) is 2.06. The Bertz CT molecular complexity index is 922. The molecule has 4 heterocycles. The molecule has 9 heteroatoms. The first-order chi connectivity index (χ1) is 11.6. The number of rotatable bonds is 3. The Labute approximate surface area is 150 Å². The molecule has 0 radical (unpaired) electrons. The Morgan fingerprint density at radius 1 is 1.32 bits per heavy atom. The zero-order chi connectivity index (χ0) is 16.7. The second-order valence-corrected chi connectivity index (χ2v) is 6.51. The summed E-state index contributed by atoms with van der Waals surface area (Å²) < 4.78 is 7.15. The zero-order valence-corrected chi connectivity index (χ0v) is 15.0. The number of halogens is 1. The van der Waals surface area contributed by atoms with Crippen molar-refractivity contribution in [2.45, 2.75) is 38.5 Å². The largest absolute Gasteiger partial charge is 0.334 e. The van der Waals surface area contributed by atoms with E-state index in [1.54, 1.807) is 16.8 Å². The molecule has 25 heavy (non-hydrogen) atoms. The smallest absolute Gasteiger partial charge is 0.263 e. The Hall–Kier alpha value is -2.19. The number of hydrogen-bond donors (Lipinski definition) is 2. The van der Waals surface area contributed by atoms with Gasteiger partial charge in [0.25, 0.3) is 11.4 Å². The van der Waals surface area contributed by atoms with Crippen molar-refractivity contribution in [1.29, 1.82) is 0 Å². The maximum atomic E-state index is 12.2. The highest BCUT2D eigenvalue weighted by molar-refractivity contribution is 5.85. The summed E-state index contributed by atoms with van der Waals surface area (Å²) in [6, 6.07) is 1.65. The van der Waals surface area contributed by atoms with Crippen LogP contribution in [0.3, 0.4) is 0 Å². The monoisotopic (exact) mass is 364 g/mol. The van der Waals surface area contributed by atoms with Gasteiger partial charge < -0.3 is 14.8 Å². The molecule has 0 aromatic carbocycles. The lowest BCUT2D eigenvalue weighted by atomic mass is 9.94. The van der Waals surface area contributed by atoms with Gasteiger partial charge in [-0.05, 0) is 25.9 Å². The summed E-state index contributed by atoms with van der Waals surface area (Å²) >= 11 is 0. The van der Waals surface area contributed by atoms with Gasteiger partial charge in [0.2, 0.25) is 0 Å². The molecule has 1 fully saturated rings. The van der Waals surface area contributed by atoms with Gasteiger partial charge in [0, 0.05) is 17.9 Å². The van der Waals surface area contributed by atoms with E-state index >= 15 is 0 Å². The van der Waals surface area contributed by atoms with Crippen LogP contribution in [0.4, 0.5) is 0 Å². The van der Waals surface area contributed by atoms with E-state index in [0.717, 1.165) is 31.6 Å². The van der Waals surface area contributed by atoms with E-state index in [-0.39, 0.29) is 23.9 Å². The van der Waals surface area contributed by atoms with Crippen molar-refractivity contribution in [1.82, 2.24) is 30.1 Å². The molecule has 0 bridgehead atoms. The van der Waals surface area contributed by atoms with Gasteiger partial charge >= 0.3 is 0 Å². The van der Waals surface area contributed by atoms with Crippen LogP contribution in [0.1, 0.15) is 50.0 Å². The molecule has 0 amide bonds. The first kappa shape index (κ1) is 17.6. The van der Waals surface area contributed by atoms with Crippen LogP contribution in [0, 0.1) is 0 Å². The highest BCUT2D eigenvalue weighted by Crippen LogP contribution is 2.28. The number of H-pyrrole nitrogens is 1. The number of nitrogens with zero attached hydrogens (tertiary/aromatic N) is 4. The normalized spacial score (nSPS) is 15.6. The van der Waals surface area contributed by atoms with E-state index in [9.17, 15) is 4.79 Å². The van der Waals surface area contributed by atoms with Gasteiger partial charge in [-0.15, -0.1) is 12.4 Å². The van der Waals surface area contributed by atoms with E-state index in [0.29, 0.717) is 28.8 Å². The number of aromatic amines is 1. The Balaban J connectivity index is 0.00000182. The summed E-state index contributed by atoms with van der Waals surface area (Å²) in [6.07, 6.45) is 3.66. The van der Waals surface area contributed by atoms with E-state index in [2.05, 4.69) is 25.5 Å². The van der Waals surface area contributed by atoms with Gasteiger partial charge in [-0.1, -0.05) is 19.0 Å². The number of hydrogen-bond acceptors (Lipinski definition) is 6. The average molecular weight is 365 g/mol. The summed E-state index contributed by atoms with van der Waals surface area (Å²) in [7, 11) is 0. The van der Waals surface area contributed by atoms with Crippen molar-refractivity contribution < 1.29 is 4.52 Å². The SMILES string of the molecule is CC(C)c1noc(-c2cnn3c(C4CCNCC4)cc(=O)[nH]c23)n1.Cl. The van der Waals surface area contributed by atoms with Crippen molar-refractivity contribution in [3.05, 3.63) is 34.1 Å². The number of nitrogens with one attached hydrogen (secondary N) is 2. The molecule has 1 aliphatic heterocycles. The predicted molar refractivity (Wildman–Crippen MR) is 95.3 cm³/mol. The molecule has 134 valence electrons. The van der Waals surface area contributed by atoms with Crippen LogP contribution in [0.5, 0.6) is 0 Å². The number of piperidine rings is 1. The van der Waals surface area contributed by atoms with Gasteiger partial charge in [0.05, 0.1) is 11.9 Å². The topological polar surface area (TPSA) is 101 Å². The summed E-state index contributed by atoms with van der Waals surface area (Å²) in [4.78, 5) is 19.4. The van der Waals surface area contributed by atoms with Crippen molar-refractivity contribution in [3.63, 3.8) is 0 Å². The number of aromatic nitrogens is 5.